The summed E-state index contributed by atoms with van der Waals surface area (Å²) in [7, 11) is 2.44. The monoisotopic (exact) mass is 359 g/mol. The van der Waals surface area contributed by atoms with Crippen LogP contribution in [0.25, 0.3) is 0 Å². The van der Waals surface area contributed by atoms with Crippen LogP contribution in [-0.2, 0) is 18.8 Å². The van der Waals surface area contributed by atoms with Crippen LogP contribution in [0.4, 0.5) is 5.69 Å². The summed E-state index contributed by atoms with van der Waals surface area (Å²) in [6, 6.07) is 7.30. The smallest absolute Gasteiger partial charge is 0.482 e. The minimum absolute atomic E-state index is 0.00443. The molecule has 1 aliphatic rings. The Labute approximate surface area is 154 Å². The van der Waals surface area contributed by atoms with Gasteiger partial charge in [-0.05, 0) is 45.3 Å². The van der Waals surface area contributed by atoms with Gasteiger partial charge < -0.3 is 25.1 Å². The average molecular weight is 359 g/mol. The van der Waals surface area contributed by atoms with Gasteiger partial charge in [0.05, 0.1) is 18.3 Å². The third-order valence-corrected chi connectivity index (χ3v) is 4.66. The predicted molar refractivity (Wildman–Crippen MR) is 103 cm³/mol. The van der Waals surface area contributed by atoms with Gasteiger partial charge in [0.15, 0.2) is 5.88 Å². The summed E-state index contributed by atoms with van der Waals surface area (Å²) in [4.78, 5) is 16.3. The Morgan fingerprint density at radius 1 is 1.27 bits per heavy atom. The topological polar surface area (TPSA) is 95.2 Å². The summed E-state index contributed by atoms with van der Waals surface area (Å²) in [6.07, 6.45) is 1.35. The van der Waals surface area contributed by atoms with E-state index in [0.29, 0.717) is 5.69 Å². The highest BCUT2D eigenvalue weighted by Gasteiger charge is 2.51. The number of hydrogen-bond acceptors (Lipinski definition) is 6. The van der Waals surface area contributed by atoms with Gasteiger partial charge in [-0.3, -0.25) is 9.79 Å². The molecule has 0 bridgehead atoms. The first-order chi connectivity index (χ1) is 12.1. The number of nitrogens with one attached hydrogen (secondary N) is 1. The fourth-order valence-corrected chi connectivity index (χ4v) is 2.41. The molecule has 1 aromatic rings. The lowest BCUT2D eigenvalue weighted by molar-refractivity contribution is -0.112. The lowest BCUT2D eigenvalue weighted by Crippen LogP contribution is -2.41. The number of carbonyl (C=O) groups is 1. The molecule has 0 aromatic heterocycles. The van der Waals surface area contributed by atoms with E-state index in [1.165, 1.54) is 13.3 Å². The second-order valence-corrected chi connectivity index (χ2v) is 7.04. The van der Waals surface area contributed by atoms with Crippen molar-refractivity contribution in [2.45, 2.75) is 38.9 Å². The van der Waals surface area contributed by atoms with E-state index in [2.05, 4.69) is 10.3 Å². The molecule has 0 saturated carbocycles. The SMILES string of the molecule is CN=CC(C(=O)Nc1cccc(B2OC(C)(C)C(C)(C)O2)c1)=C(N)OC. The number of hydrogen-bond donors (Lipinski definition) is 2. The fraction of sp³-hybridized carbons (Fsp3) is 0.444. The summed E-state index contributed by atoms with van der Waals surface area (Å²) in [5.74, 6) is -0.420. The van der Waals surface area contributed by atoms with Crippen molar-refractivity contribution in [3.05, 3.63) is 35.7 Å². The van der Waals surface area contributed by atoms with Crippen molar-refractivity contribution in [2.75, 3.05) is 19.5 Å². The maximum Gasteiger partial charge on any atom is 0.494 e. The van der Waals surface area contributed by atoms with Crippen LogP contribution in [0.1, 0.15) is 27.7 Å². The molecule has 1 amide bonds. The van der Waals surface area contributed by atoms with Gasteiger partial charge in [-0.15, -0.1) is 0 Å². The van der Waals surface area contributed by atoms with Crippen LogP contribution in [0.5, 0.6) is 0 Å². The minimum atomic E-state index is -0.506. The molecule has 8 heteroatoms. The molecule has 7 nitrogen and oxygen atoms in total. The molecule has 1 saturated heterocycles. The molecule has 26 heavy (non-hydrogen) atoms. The number of methoxy groups -OCH3 is 1. The summed E-state index contributed by atoms with van der Waals surface area (Å²) in [5.41, 5.74) is 6.40. The Kier molecular flexibility index (Phi) is 5.78. The van der Waals surface area contributed by atoms with E-state index < -0.39 is 24.2 Å². The average Bonchev–Trinajstić information content (AvgIpc) is 2.80. The lowest BCUT2D eigenvalue weighted by atomic mass is 9.79. The van der Waals surface area contributed by atoms with E-state index >= 15 is 0 Å². The van der Waals surface area contributed by atoms with Crippen LogP contribution in [0, 0.1) is 0 Å². The number of aliphatic imine (C=N–C) groups is 1. The van der Waals surface area contributed by atoms with Gasteiger partial charge in [-0.1, -0.05) is 12.1 Å². The van der Waals surface area contributed by atoms with Gasteiger partial charge in [-0.2, -0.15) is 0 Å². The zero-order chi connectivity index (χ0) is 19.5. The third kappa shape index (κ3) is 4.08. The normalized spacial score (nSPS) is 19.4. The second kappa shape index (κ2) is 7.51. The molecule has 1 aromatic carbocycles. The largest absolute Gasteiger partial charge is 0.494 e. The third-order valence-electron chi connectivity index (χ3n) is 4.66. The maximum atomic E-state index is 12.5. The summed E-state index contributed by atoms with van der Waals surface area (Å²) < 4.78 is 17.0. The van der Waals surface area contributed by atoms with Gasteiger partial charge >= 0.3 is 7.12 Å². The maximum absolute atomic E-state index is 12.5. The number of nitrogens with zero attached hydrogens (tertiary/aromatic N) is 1. The van der Waals surface area contributed by atoms with Crippen molar-refractivity contribution in [2.24, 2.45) is 10.7 Å². The molecule has 3 N–H and O–H groups in total. The number of carbonyl (C=O) groups excluding carboxylic acids is 1. The number of amides is 1. The molecule has 1 aliphatic heterocycles. The van der Waals surface area contributed by atoms with Crippen LogP contribution in [-0.4, -0.2) is 44.6 Å². The molecule has 1 fully saturated rings. The summed E-state index contributed by atoms with van der Waals surface area (Å²) in [5, 5.41) is 2.79. The van der Waals surface area contributed by atoms with Crippen molar-refractivity contribution in [3.63, 3.8) is 0 Å². The van der Waals surface area contributed by atoms with Crippen LogP contribution in [0.3, 0.4) is 0 Å². The second-order valence-electron chi connectivity index (χ2n) is 7.04. The van der Waals surface area contributed by atoms with E-state index in [-0.39, 0.29) is 11.5 Å². The number of nitrogens with two attached hydrogens (primary N) is 1. The highest BCUT2D eigenvalue weighted by molar-refractivity contribution is 6.62. The van der Waals surface area contributed by atoms with E-state index in [1.807, 2.05) is 45.9 Å². The van der Waals surface area contributed by atoms with Gasteiger partial charge in [0, 0.05) is 18.9 Å². The Morgan fingerprint density at radius 3 is 2.42 bits per heavy atom. The predicted octanol–water partition coefficient (Wildman–Crippen LogP) is 1.44. The number of rotatable bonds is 5. The molecule has 0 atom stereocenters. The van der Waals surface area contributed by atoms with E-state index in [9.17, 15) is 4.79 Å². The highest BCUT2D eigenvalue weighted by Crippen LogP contribution is 2.36. The zero-order valence-corrected chi connectivity index (χ0v) is 16.1. The van der Waals surface area contributed by atoms with E-state index in [1.54, 1.807) is 13.1 Å². The number of benzene rings is 1. The highest BCUT2D eigenvalue weighted by atomic mass is 16.7. The summed E-state index contributed by atoms with van der Waals surface area (Å²) >= 11 is 0. The zero-order valence-electron chi connectivity index (χ0n) is 16.1. The van der Waals surface area contributed by atoms with E-state index in [0.717, 1.165) is 5.46 Å². The van der Waals surface area contributed by atoms with Gasteiger partial charge in [0.25, 0.3) is 5.91 Å². The molecule has 0 aliphatic carbocycles. The molecular formula is C18H26BN3O4. The molecule has 2 rings (SSSR count). The van der Waals surface area contributed by atoms with Crippen LogP contribution in [0.15, 0.2) is 40.7 Å². The number of anilines is 1. The van der Waals surface area contributed by atoms with Crippen molar-refractivity contribution in [3.8, 4) is 0 Å². The molecule has 0 spiro atoms. The Bertz CT molecular complexity index is 728. The fourth-order valence-electron chi connectivity index (χ4n) is 2.41. The van der Waals surface area contributed by atoms with Crippen LogP contribution >= 0.6 is 0 Å². The minimum Gasteiger partial charge on any atom is -0.482 e. The van der Waals surface area contributed by atoms with Gasteiger partial charge in [0.1, 0.15) is 5.57 Å². The molecule has 0 radical (unpaired) electrons. The van der Waals surface area contributed by atoms with Gasteiger partial charge in [0.2, 0.25) is 0 Å². The first-order valence-corrected chi connectivity index (χ1v) is 8.34. The van der Waals surface area contributed by atoms with Crippen molar-refractivity contribution in [1.82, 2.24) is 0 Å². The van der Waals surface area contributed by atoms with Crippen molar-refractivity contribution in [1.29, 1.82) is 0 Å². The molecular weight excluding hydrogens is 333 g/mol. The lowest BCUT2D eigenvalue weighted by Gasteiger charge is -2.32. The van der Waals surface area contributed by atoms with Crippen LogP contribution < -0.4 is 16.5 Å². The number of ether oxygens (including phenoxy) is 1. The Balaban J connectivity index is 2.22. The first kappa shape index (κ1) is 20.0. The van der Waals surface area contributed by atoms with Crippen molar-refractivity contribution >= 4 is 30.4 Å². The Morgan fingerprint density at radius 2 is 1.88 bits per heavy atom. The van der Waals surface area contributed by atoms with Crippen molar-refractivity contribution < 1.29 is 18.8 Å². The van der Waals surface area contributed by atoms with E-state index in [4.69, 9.17) is 19.8 Å². The first-order valence-electron chi connectivity index (χ1n) is 8.34. The van der Waals surface area contributed by atoms with Gasteiger partial charge in [-0.25, -0.2) is 0 Å². The quantitative estimate of drug-likeness (QED) is 0.359. The summed E-state index contributed by atoms with van der Waals surface area (Å²) in [6.45, 7) is 7.97. The standard InChI is InChI=1S/C18H26BN3O4/c1-17(2)18(3,4)26-19(25-17)12-8-7-9-13(10-12)22-16(23)14(11-21-5)15(20)24-6/h7-11H,20H2,1-6H3,(H,22,23). The molecule has 1 heterocycles. The Hall–Kier alpha value is -2.32. The van der Waals surface area contributed by atoms with Crippen LogP contribution in [0.2, 0.25) is 0 Å². The molecule has 0 unspecified atom stereocenters. The molecule has 140 valence electrons.